The van der Waals surface area contributed by atoms with Crippen molar-refractivity contribution in [1.82, 2.24) is 9.80 Å². The summed E-state index contributed by atoms with van der Waals surface area (Å²) in [5, 5.41) is 10.4. The lowest BCUT2D eigenvalue weighted by Gasteiger charge is -2.72. The van der Waals surface area contributed by atoms with Crippen molar-refractivity contribution >= 4 is 29.3 Å². The van der Waals surface area contributed by atoms with E-state index in [2.05, 4.69) is 84.5 Å². The number of aliphatic carboxylic acids is 1. The molecule has 8 unspecified atom stereocenters. The number of halogens is 1. The molecule has 312 valence electrons. The first-order valence-electron chi connectivity index (χ1n) is 21.8. The number of Topliss-reactive ketones (excluding diaryl/α,β-unsaturated/α-hetero) is 1. The van der Waals surface area contributed by atoms with Crippen molar-refractivity contribution in [2.45, 2.75) is 146 Å². The molecule has 5 aliphatic carbocycles. The summed E-state index contributed by atoms with van der Waals surface area (Å²) in [5.74, 6) is 0.614. The van der Waals surface area contributed by atoms with Crippen LogP contribution in [0.3, 0.4) is 0 Å². The van der Waals surface area contributed by atoms with E-state index in [0.29, 0.717) is 30.0 Å². The molecule has 0 heterocycles. The van der Waals surface area contributed by atoms with Gasteiger partial charge in [-0.3, -0.25) is 19.3 Å². The van der Waals surface area contributed by atoms with Crippen LogP contribution in [0.25, 0.3) is 0 Å². The zero-order valence-electron chi connectivity index (χ0n) is 36.7. The number of carboxylic acids is 1. The summed E-state index contributed by atoms with van der Waals surface area (Å²) >= 11 is 6.26. The first-order valence-corrected chi connectivity index (χ1v) is 22.2. The summed E-state index contributed by atoms with van der Waals surface area (Å²) in [7, 11) is 4.29. The second-order valence-corrected chi connectivity index (χ2v) is 22.1. The highest BCUT2D eigenvalue weighted by Crippen LogP contribution is 2.77. The van der Waals surface area contributed by atoms with Crippen molar-refractivity contribution in [2.24, 2.45) is 56.2 Å². The van der Waals surface area contributed by atoms with E-state index in [-0.39, 0.29) is 45.5 Å². The van der Waals surface area contributed by atoms with Crippen LogP contribution in [0.1, 0.15) is 139 Å². The summed E-state index contributed by atoms with van der Waals surface area (Å²) in [6, 6.07) is 8.28. The van der Waals surface area contributed by atoms with Crippen molar-refractivity contribution in [1.29, 1.82) is 0 Å². The Kier molecular flexibility index (Phi) is 11.9. The lowest BCUT2D eigenvalue weighted by atomic mass is 9.33. The lowest BCUT2D eigenvalue weighted by Crippen LogP contribution is -2.65. The predicted molar refractivity (Wildman–Crippen MR) is 225 cm³/mol. The van der Waals surface area contributed by atoms with Crippen LogP contribution in [0.15, 0.2) is 35.4 Å². The molecule has 0 aromatic heterocycles. The van der Waals surface area contributed by atoms with Gasteiger partial charge in [0.1, 0.15) is 6.10 Å². The monoisotopic (exact) mass is 793 g/mol. The van der Waals surface area contributed by atoms with E-state index in [1.54, 1.807) is 19.4 Å². The van der Waals surface area contributed by atoms with E-state index in [4.69, 9.17) is 16.3 Å². The Morgan fingerprint density at radius 2 is 1.57 bits per heavy atom. The van der Waals surface area contributed by atoms with Gasteiger partial charge in [0.2, 0.25) is 0 Å². The third-order valence-corrected chi connectivity index (χ3v) is 17.3. The number of hydrogen-bond acceptors (Lipinski definition) is 6. The van der Waals surface area contributed by atoms with Gasteiger partial charge in [-0.15, -0.1) is 0 Å². The Balaban J connectivity index is 1.26. The molecule has 5 aliphatic rings. The van der Waals surface area contributed by atoms with Crippen molar-refractivity contribution in [2.75, 3.05) is 33.7 Å². The average molecular weight is 794 g/mol. The van der Waals surface area contributed by atoms with Crippen LogP contribution >= 0.6 is 11.6 Å². The molecule has 4 fully saturated rings. The van der Waals surface area contributed by atoms with E-state index in [1.165, 1.54) is 12.0 Å². The molecule has 0 saturated heterocycles. The minimum atomic E-state index is -1.15. The molecule has 56 heavy (non-hydrogen) atoms. The molecule has 4 saturated carbocycles. The van der Waals surface area contributed by atoms with E-state index in [9.17, 15) is 19.5 Å². The van der Waals surface area contributed by atoms with Crippen molar-refractivity contribution in [3.05, 3.63) is 46.0 Å². The first-order chi connectivity index (χ1) is 26.0. The van der Waals surface area contributed by atoms with E-state index in [0.717, 1.165) is 88.1 Å². The van der Waals surface area contributed by atoms with Crippen LogP contribution in [-0.2, 0) is 25.7 Å². The zero-order chi connectivity index (χ0) is 41.2. The number of carbonyl (C=O) groups is 3. The number of ketones is 1. The molecule has 1 aromatic carbocycles. The summed E-state index contributed by atoms with van der Waals surface area (Å²) in [6.07, 6.45) is 9.97. The number of hydrogen-bond donors (Lipinski definition) is 1. The number of carbonyl (C=O) groups excluding carboxylic acids is 2. The molecule has 1 N–H and O–H groups in total. The second kappa shape index (κ2) is 15.4. The van der Waals surface area contributed by atoms with Gasteiger partial charge in [-0.05, 0) is 155 Å². The van der Waals surface area contributed by atoms with E-state index < -0.39 is 17.4 Å². The van der Waals surface area contributed by atoms with E-state index >= 15 is 0 Å². The van der Waals surface area contributed by atoms with Crippen LogP contribution in [-0.4, -0.2) is 72.5 Å². The third-order valence-electron chi connectivity index (χ3n) is 17.0. The molecule has 0 spiro atoms. The molecule has 0 aliphatic heterocycles. The normalized spacial score (nSPS) is 35.3. The van der Waals surface area contributed by atoms with Crippen LogP contribution in [0.2, 0.25) is 5.02 Å². The number of allylic oxidation sites excluding steroid dienone is 2. The number of carboxylic acid groups (broad SMARTS) is 1. The Hall–Kier alpha value is -2.22. The summed E-state index contributed by atoms with van der Waals surface area (Å²) < 4.78 is 6.21. The van der Waals surface area contributed by atoms with Gasteiger partial charge >= 0.3 is 11.9 Å². The highest BCUT2D eigenvalue weighted by atomic mass is 35.5. The number of nitrogens with zero attached hydrogens (tertiary/aromatic N) is 2. The number of ether oxygens (including phenoxy) is 1. The summed E-state index contributed by atoms with van der Waals surface area (Å²) in [6.45, 7) is 23.9. The van der Waals surface area contributed by atoms with Crippen molar-refractivity contribution in [3.63, 3.8) is 0 Å². The van der Waals surface area contributed by atoms with Crippen LogP contribution in [0.5, 0.6) is 0 Å². The van der Waals surface area contributed by atoms with Crippen LogP contribution in [0.4, 0.5) is 0 Å². The fourth-order valence-electron chi connectivity index (χ4n) is 13.7. The number of likely N-dealkylation sites (N-methyl/N-ethyl adjacent to an activating group) is 1. The molecule has 0 bridgehead atoms. The fraction of sp³-hybridized carbons (Fsp3) is 0.771. The van der Waals surface area contributed by atoms with E-state index in [1.807, 2.05) is 12.1 Å². The lowest BCUT2D eigenvalue weighted by molar-refractivity contribution is -0.233. The quantitative estimate of drug-likeness (QED) is 0.199. The molecular formula is C48H73ClN2O5. The van der Waals surface area contributed by atoms with Gasteiger partial charge in [0.25, 0.3) is 0 Å². The molecular weight excluding hydrogens is 720 g/mol. The van der Waals surface area contributed by atoms with Gasteiger partial charge in [-0.1, -0.05) is 77.8 Å². The zero-order valence-corrected chi connectivity index (χ0v) is 37.4. The number of fused-ring (bicyclic) bond motifs is 7. The van der Waals surface area contributed by atoms with Gasteiger partial charge in [0, 0.05) is 41.9 Å². The highest BCUT2D eigenvalue weighted by Gasteiger charge is 2.70. The Morgan fingerprint density at radius 1 is 0.893 bits per heavy atom. The predicted octanol–water partition coefficient (Wildman–Crippen LogP) is 10.5. The van der Waals surface area contributed by atoms with Gasteiger partial charge < -0.3 is 14.7 Å². The Bertz CT molecular complexity index is 1700. The SMILES string of the molecule is CC(C)C1=C2C3CCC4C5(C)CCC(OC(=O)CC(C)(C)C(=O)O)C(C)(C)C5CCC4(C)C3(C)CCC2(CCN(CCN(C)C)Cc2ccc(Cl)cc2)CC1=O. The van der Waals surface area contributed by atoms with Crippen molar-refractivity contribution in [3.8, 4) is 0 Å². The van der Waals surface area contributed by atoms with Crippen LogP contribution < -0.4 is 0 Å². The minimum Gasteiger partial charge on any atom is -0.481 e. The van der Waals surface area contributed by atoms with Gasteiger partial charge in [0.15, 0.2) is 5.78 Å². The standard InChI is InChI=1S/C48H73ClN2O5/c1-31(2)40-35(52)28-48(24-25-51(27-26-50(10)11)30-32-12-14-33(49)15-13-32)23-22-46(8)34(41(40)48)16-17-37-45(7)20-19-38(56-39(53)29-43(3,4)42(54)55)44(5,6)36(45)18-21-47(37,46)9/h12-15,31,34,36-38H,16-30H2,1-11H3,(H,54,55). The molecule has 6 rings (SSSR count). The summed E-state index contributed by atoms with van der Waals surface area (Å²) in [5.41, 5.74) is 2.89. The van der Waals surface area contributed by atoms with Gasteiger partial charge in [0.05, 0.1) is 11.8 Å². The molecule has 1 aromatic rings. The Morgan fingerprint density at radius 3 is 2.20 bits per heavy atom. The first kappa shape index (κ1) is 43.4. The topological polar surface area (TPSA) is 87.2 Å². The van der Waals surface area contributed by atoms with Crippen molar-refractivity contribution < 1.29 is 24.2 Å². The maximum atomic E-state index is 14.3. The minimum absolute atomic E-state index is 0.0688. The molecule has 7 nitrogen and oxygen atoms in total. The molecule has 0 radical (unpaired) electrons. The average Bonchev–Trinajstić information content (AvgIpc) is 3.40. The smallest absolute Gasteiger partial charge is 0.309 e. The maximum absolute atomic E-state index is 14.3. The number of benzene rings is 1. The second-order valence-electron chi connectivity index (χ2n) is 21.6. The number of rotatable bonds is 13. The van der Waals surface area contributed by atoms with Gasteiger partial charge in [-0.25, -0.2) is 0 Å². The molecule has 0 amide bonds. The largest absolute Gasteiger partial charge is 0.481 e. The highest BCUT2D eigenvalue weighted by molar-refractivity contribution is 6.30. The Labute approximate surface area is 343 Å². The molecule has 8 heteroatoms. The molecule has 8 atom stereocenters. The number of esters is 1. The summed E-state index contributed by atoms with van der Waals surface area (Å²) in [4.78, 5) is 44.1. The maximum Gasteiger partial charge on any atom is 0.309 e. The van der Waals surface area contributed by atoms with Gasteiger partial charge in [-0.2, -0.15) is 0 Å². The fourth-order valence-corrected chi connectivity index (χ4v) is 13.8. The third kappa shape index (κ3) is 7.46. The van der Waals surface area contributed by atoms with Crippen LogP contribution in [0, 0.1) is 56.2 Å².